The minimum atomic E-state index is -3.52. The lowest BCUT2D eigenvalue weighted by atomic mass is 9.67. The molecular formula is C13H21NO3S. The lowest BCUT2D eigenvalue weighted by Gasteiger charge is -2.38. The molecule has 2 aliphatic rings. The first kappa shape index (κ1) is 13.6. The van der Waals surface area contributed by atoms with Gasteiger partial charge in [0, 0.05) is 6.54 Å². The van der Waals surface area contributed by atoms with Gasteiger partial charge in [-0.25, -0.2) is 12.7 Å². The van der Waals surface area contributed by atoms with E-state index in [1.54, 1.807) is 0 Å². The van der Waals surface area contributed by atoms with Crippen LogP contribution in [0.25, 0.3) is 0 Å². The Hall–Kier alpha value is -0.840. The molecule has 5 heteroatoms. The maximum Gasteiger partial charge on any atom is 0.259 e. The van der Waals surface area contributed by atoms with Crippen molar-refractivity contribution in [3.05, 3.63) is 12.7 Å². The number of rotatable bonds is 1. The van der Waals surface area contributed by atoms with E-state index in [9.17, 15) is 13.2 Å². The highest BCUT2D eigenvalue weighted by molar-refractivity contribution is 7.89. The minimum Gasteiger partial charge on any atom is -0.269 e. The fraction of sp³-hybridized carbons (Fsp3) is 0.769. The Morgan fingerprint density at radius 2 is 2.00 bits per heavy atom. The normalized spacial score (nSPS) is 37.1. The third-order valence-corrected chi connectivity index (χ3v) is 7.27. The highest BCUT2D eigenvalue weighted by Gasteiger charge is 2.57. The molecule has 1 amide bonds. The molecule has 1 aliphatic heterocycles. The number of nitrogens with zero attached hydrogens (tertiary/aromatic N) is 1. The summed E-state index contributed by atoms with van der Waals surface area (Å²) in [6.07, 6.45) is 2.99. The Bertz CT molecular complexity index is 494. The smallest absolute Gasteiger partial charge is 0.259 e. The van der Waals surface area contributed by atoms with Crippen molar-refractivity contribution in [3.8, 4) is 0 Å². The summed E-state index contributed by atoms with van der Waals surface area (Å²) >= 11 is 0. The summed E-state index contributed by atoms with van der Waals surface area (Å²) in [7, 11) is -3.52. The van der Waals surface area contributed by atoms with Crippen LogP contribution in [0.1, 0.15) is 33.6 Å². The highest BCUT2D eigenvalue weighted by atomic mass is 32.2. The van der Waals surface area contributed by atoms with Gasteiger partial charge in [-0.05, 0) is 35.7 Å². The molecule has 1 unspecified atom stereocenters. The van der Waals surface area contributed by atoms with Crippen LogP contribution in [0.4, 0.5) is 0 Å². The van der Waals surface area contributed by atoms with Crippen LogP contribution in [0, 0.1) is 16.7 Å². The molecule has 0 radical (unpaired) electrons. The number of amides is 1. The van der Waals surface area contributed by atoms with Gasteiger partial charge in [-0.2, -0.15) is 0 Å². The maximum absolute atomic E-state index is 12.3. The summed E-state index contributed by atoms with van der Waals surface area (Å²) in [6.45, 7) is 9.98. The van der Waals surface area contributed by atoms with Gasteiger partial charge in [0.2, 0.25) is 10.0 Å². The van der Waals surface area contributed by atoms with E-state index in [1.165, 1.54) is 0 Å². The van der Waals surface area contributed by atoms with E-state index < -0.39 is 15.9 Å². The Morgan fingerprint density at radius 1 is 1.39 bits per heavy atom. The van der Waals surface area contributed by atoms with Crippen LogP contribution in [0.2, 0.25) is 0 Å². The fourth-order valence-corrected chi connectivity index (χ4v) is 5.60. The molecule has 0 aromatic heterocycles. The van der Waals surface area contributed by atoms with Crippen molar-refractivity contribution in [2.45, 2.75) is 33.6 Å². The van der Waals surface area contributed by atoms with Crippen LogP contribution in [-0.2, 0) is 14.8 Å². The second kappa shape index (κ2) is 3.83. The maximum atomic E-state index is 12.3. The lowest BCUT2D eigenvalue weighted by Crippen LogP contribution is -2.41. The van der Waals surface area contributed by atoms with Gasteiger partial charge in [0.15, 0.2) is 0 Å². The Morgan fingerprint density at radius 3 is 2.56 bits per heavy atom. The molecular weight excluding hydrogens is 250 g/mol. The van der Waals surface area contributed by atoms with Gasteiger partial charge in [0.05, 0.1) is 5.75 Å². The average molecular weight is 271 g/mol. The summed E-state index contributed by atoms with van der Waals surface area (Å²) in [5.74, 6) is -0.200. The zero-order chi connectivity index (χ0) is 13.8. The molecule has 0 aromatic carbocycles. The minimum absolute atomic E-state index is 0.0586. The highest BCUT2D eigenvalue weighted by Crippen LogP contribution is 2.58. The molecule has 4 nitrogen and oxygen atoms in total. The summed E-state index contributed by atoms with van der Waals surface area (Å²) in [5, 5.41) is 0. The van der Waals surface area contributed by atoms with Crippen LogP contribution in [0.3, 0.4) is 0 Å². The molecule has 1 saturated carbocycles. The van der Waals surface area contributed by atoms with Crippen LogP contribution in [-0.4, -0.2) is 30.9 Å². The Labute approximate surface area is 109 Å². The standard InChI is InChI=1S/C13H21NO3S/c1-5-11(15)14-8-10-6-7-13(4,12(10,2)3)9-18(14,16)17/h5,10H,1,6-9H2,2-4H3/t10?,13-/m1/s1. The molecule has 0 N–H and O–H groups in total. The van der Waals surface area contributed by atoms with E-state index >= 15 is 0 Å². The topological polar surface area (TPSA) is 54.5 Å². The molecule has 2 rings (SSSR count). The van der Waals surface area contributed by atoms with Gasteiger partial charge in [-0.1, -0.05) is 27.4 Å². The molecule has 1 aliphatic carbocycles. The summed E-state index contributed by atoms with van der Waals surface area (Å²) in [4.78, 5) is 11.8. The van der Waals surface area contributed by atoms with Gasteiger partial charge in [-0.15, -0.1) is 0 Å². The molecule has 0 aromatic rings. The van der Waals surface area contributed by atoms with E-state index in [-0.39, 0.29) is 22.5 Å². The Balaban J connectivity index is 2.49. The number of hydrogen-bond acceptors (Lipinski definition) is 3. The third-order valence-electron chi connectivity index (χ3n) is 5.26. The number of carbonyl (C=O) groups is 1. The number of fused-ring (bicyclic) bond motifs is 2. The molecule has 2 bridgehead atoms. The van der Waals surface area contributed by atoms with Gasteiger partial charge >= 0.3 is 0 Å². The van der Waals surface area contributed by atoms with Crippen molar-refractivity contribution >= 4 is 15.9 Å². The summed E-state index contributed by atoms with van der Waals surface area (Å²) < 4.78 is 25.7. The summed E-state index contributed by atoms with van der Waals surface area (Å²) in [5.41, 5.74) is -0.303. The quantitative estimate of drug-likeness (QED) is 0.683. The fourth-order valence-electron chi connectivity index (χ4n) is 3.37. The number of hydrogen-bond donors (Lipinski definition) is 0. The van der Waals surface area contributed by atoms with Crippen LogP contribution in [0.15, 0.2) is 12.7 Å². The first-order valence-corrected chi connectivity index (χ1v) is 7.92. The molecule has 102 valence electrons. The second-order valence-corrected chi connectivity index (χ2v) is 8.24. The molecule has 18 heavy (non-hydrogen) atoms. The van der Waals surface area contributed by atoms with Crippen molar-refractivity contribution < 1.29 is 13.2 Å². The van der Waals surface area contributed by atoms with E-state index in [4.69, 9.17) is 0 Å². The SMILES string of the molecule is C=CC(=O)N1CC2CC[C@](C)(CS1(=O)=O)C2(C)C. The van der Waals surface area contributed by atoms with Crippen LogP contribution in [0.5, 0.6) is 0 Å². The first-order valence-electron chi connectivity index (χ1n) is 6.31. The average Bonchev–Trinajstić information content (AvgIpc) is 2.41. The van der Waals surface area contributed by atoms with Crippen LogP contribution >= 0.6 is 0 Å². The zero-order valence-electron chi connectivity index (χ0n) is 11.3. The van der Waals surface area contributed by atoms with Gasteiger partial charge in [0.25, 0.3) is 5.91 Å². The predicted octanol–water partition coefficient (Wildman–Crippen LogP) is 1.79. The van der Waals surface area contributed by atoms with Crippen molar-refractivity contribution in [2.75, 3.05) is 12.3 Å². The van der Waals surface area contributed by atoms with Gasteiger partial charge in [0.1, 0.15) is 0 Å². The van der Waals surface area contributed by atoms with E-state index in [0.29, 0.717) is 6.54 Å². The van der Waals surface area contributed by atoms with Crippen LogP contribution < -0.4 is 0 Å². The van der Waals surface area contributed by atoms with Crippen molar-refractivity contribution in [3.63, 3.8) is 0 Å². The number of carbonyl (C=O) groups excluding carboxylic acids is 1. The molecule has 2 atom stereocenters. The largest absolute Gasteiger partial charge is 0.269 e. The number of sulfonamides is 1. The Kier molecular flexibility index (Phi) is 2.89. The first-order chi connectivity index (χ1) is 8.14. The molecule has 0 spiro atoms. The predicted molar refractivity (Wildman–Crippen MR) is 70.3 cm³/mol. The molecule has 2 fully saturated rings. The van der Waals surface area contributed by atoms with Gasteiger partial charge in [-0.3, -0.25) is 4.79 Å². The summed E-state index contributed by atoms with van der Waals surface area (Å²) in [6, 6.07) is 0. The van der Waals surface area contributed by atoms with Crippen molar-refractivity contribution in [1.82, 2.24) is 4.31 Å². The van der Waals surface area contributed by atoms with E-state index in [1.807, 2.05) is 6.92 Å². The van der Waals surface area contributed by atoms with E-state index in [0.717, 1.165) is 23.2 Å². The van der Waals surface area contributed by atoms with Crippen molar-refractivity contribution in [2.24, 2.45) is 16.7 Å². The zero-order valence-corrected chi connectivity index (χ0v) is 12.1. The monoisotopic (exact) mass is 271 g/mol. The molecule has 1 saturated heterocycles. The lowest BCUT2D eigenvalue weighted by molar-refractivity contribution is -0.122. The van der Waals surface area contributed by atoms with Gasteiger partial charge < -0.3 is 0 Å². The third kappa shape index (κ3) is 1.71. The van der Waals surface area contributed by atoms with Crippen molar-refractivity contribution in [1.29, 1.82) is 0 Å². The second-order valence-electron chi connectivity index (χ2n) is 6.35. The molecule has 1 heterocycles. The van der Waals surface area contributed by atoms with E-state index in [2.05, 4.69) is 20.4 Å².